The molecule has 1 rings (SSSR count). The Kier molecular flexibility index (Phi) is 6.57. The number of nitrogens with one attached hydrogen (secondary N) is 2. The first kappa shape index (κ1) is 17.4. The van der Waals surface area contributed by atoms with Gasteiger partial charge in [0.2, 0.25) is 5.91 Å². The third kappa shape index (κ3) is 4.98. The number of imide groups is 1. The maximum absolute atomic E-state index is 11.7. The smallest absolute Gasteiger partial charge is 0.321 e. The van der Waals surface area contributed by atoms with Crippen LogP contribution in [-0.2, 0) is 14.3 Å². The van der Waals surface area contributed by atoms with Crippen LogP contribution in [0.25, 0.3) is 0 Å². The predicted octanol–water partition coefficient (Wildman–Crippen LogP) is -0.355. The average Bonchev–Trinajstić information content (AvgIpc) is 2.83. The van der Waals surface area contributed by atoms with Gasteiger partial charge in [0, 0.05) is 20.2 Å². The second kappa shape index (κ2) is 7.94. The standard InChI is InChI=1S/C13H23N3O5/c1-3-13(11(18)19)4-6-16(9-13)8-10(17)15-12(20)14-5-7-21-2/h3-9H2,1-2H3,(H,18,19)(H2,14,15,17,20). The monoisotopic (exact) mass is 301 g/mol. The van der Waals surface area contributed by atoms with Gasteiger partial charge in [0.1, 0.15) is 0 Å². The summed E-state index contributed by atoms with van der Waals surface area (Å²) < 4.78 is 4.77. The molecule has 0 aliphatic carbocycles. The highest BCUT2D eigenvalue weighted by Crippen LogP contribution is 2.33. The lowest BCUT2D eigenvalue weighted by Crippen LogP contribution is -2.45. The van der Waals surface area contributed by atoms with E-state index >= 15 is 0 Å². The Balaban J connectivity index is 2.36. The largest absolute Gasteiger partial charge is 0.481 e. The zero-order valence-corrected chi connectivity index (χ0v) is 12.5. The van der Waals surface area contributed by atoms with Crippen molar-refractivity contribution in [3.05, 3.63) is 0 Å². The first-order chi connectivity index (χ1) is 9.93. The van der Waals surface area contributed by atoms with E-state index in [4.69, 9.17) is 4.74 Å². The van der Waals surface area contributed by atoms with E-state index in [1.165, 1.54) is 7.11 Å². The normalized spacial score (nSPS) is 22.0. The van der Waals surface area contributed by atoms with Crippen molar-refractivity contribution in [3.8, 4) is 0 Å². The lowest BCUT2D eigenvalue weighted by Gasteiger charge is -2.22. The van der Waals surface area contributed by atoms with Gasteiger partial charge in [0.15, 0.2) is 0 Å². The summed E-state index contributed by atoms with van der Waals surface area (Å²) in [7, 11) is 1.51. The maximum atomic E-state index is 11.7. The number of amides is 3. The van der Waals surface area contributed by atoms with Crippen LogP contribution in [0.2, 0.25) is 0 Å². The van der Waals surface area contributed by atoms with Crippen LogP contribution in [-0.4, -0.2) is 67.8 Å². The zero-order valence-electron chi connectivity index (χ0n) is 12.5. The fourth-order valence-electron chi connectivity index (χ4n) is 2.39. The number of likely N-dealkylation sites (tertiary alicyclic amines) is 1. The summed E-state index contributed by atoms with van der Waals surface area (Å²) >= 11 is 0. The molecule has 0 aromatic heterocycles. The molecular formula is C13H23N3O5. The molecule has 1 unspecified atom stereocenters. The molecule has 0 aromatic rings. The van der Waals surface area contributed by atoms with E-state index in [9.17, 15) is 19.5 Å². The fraction of sp³-hybridized carbons (Fsp3) is 0.769. The number of ether oxygens (including phenoxy) is 1. The van der Waals surface area contributed by atoms with E-state index in [0.717, 1.165) is 0 Å². The molecule has 1 fully saturated rings. The van der Waals surface area contributed by atoms with Gasteiger partial charge in [-0.2, -0.15) is 0 Å². The van der Waals surface area contributed by atoms with Gasteiger partial charge in [0.25, 0.3) is 0 Å². The van der Waals surface area contributed by atoms with Gasteiger partial charge in [-0.05, 0) is 19.4 Å². The van der Waals surface area contributed by atoms with Gasteiger partial charge in [-0.3, -0.25) is 19.8 Å². The van der Waals surface area contributed by atoms with E-state index in [1.807, 2.05) is 6.92 Å². The second-order valence-electron chi connectivity index (χ2n) is 5.20. The fourth-order valence-corrected chi connectivity index (χ4v) is 2.39. The summed E-state index contributed by atoms with van der Waals surface area (Å²) in [5, 5.41) is 14.0. The van der Waals surface area contributed by atoms with Crippen molar-refractivity contribution in [1.29, 1.82) is 0 Å². The summed E-state index contributed by atoms with van der Waals surface area (Å²) in [6.07, 6.45) is 1.05. The molecule has 0 aromatic carbocycles. The van der Waals surface area contributed by atoms with Crippen molar-refractivity contribution < 1.29 is 24.2 Å². The highest BCUT2D eigenvalue weighted by Gasteiger charge is 2.43. The Morgan fingerprint density at radius 3 is 2.62 bits per heavy atom. The lowest BCUT2D eigenvalue weighted by molar-refractivity contribution is -0.148. The van der Waals surface area contributed by atoms with E-state index in [0.29, 0.717) is 39.1 Å². The van der Waals surface area contributed by atoms with Gasteiger partial charge >= 0.3 is 12.0 Å². The number of nitrogens with zero attached hydrogens (tertiary/aromatic N) is 1. The summed E-state index contributed by atoms with van der Waals surface area (Å²) in [4.78, 5) is 36.2. The minimum absolute atomic E-state index is 0.0206. The van der Waals surface area contributed by atoms with Crippen LogP contribution in [0, 0.1) is 5.41 Å². The molecule has 0 bridgehead atoms. The van der Waals surface area contributed by atoms with Gasteiger partial charge in [-0.25, -0.2) is 4.79 Å². The van der Waals surface area contributed by atoms with Crippen molar-refractivity contribution in [1.82, 2.24) is 15.5 Å². The van der Waals surface area contributed by atoms with Crippen molar-refractivity contribution >= 4 is 17.9 Å². The molecule has 0 saturated carbocycles. The van der Waals surface area contributed by atoms with Gasteiger partial charge in [0.05, 0.1) is 18.6 Å². The zero-order chi connectivity index (χ0) is 15.9. The highest BCUT2D eigenvalue weighted by molar-refractivity contribution is 5.95. The third-order valence-electron chi connectivity index (χ3n) is 3.78. The molecule has 120 valence electrons. The average molecular weight is 301 g/mol. The minimum Gasteiger partial charge on any atom is -0.481 e. The van der Waals surface area contributed by atoms with Crippen LogP contribution < -0.4 is 10.6 Å². The predicted molar refractivity (Wildman–Crippen MR) is 74.8 cm³/mol. The van der Waals surface area contributed by atoms with Crippen LogP contribution in [0.3, 0.4) is 0 Å². The number of urea groups is 1. The third-order valence-corrected chi connectivity index (χ3v) is 3.78. The number of hydrogen-bond acceptors (Lipinski definition) is 5. The molecule has 1 aliphatic rings. The lowest BCUT2D eigenvalue weighted by atomic mass is 9.84. The Morgan fingerprint density at radius 2 is 2.10 bits per heavy atom. The van der Waals surface area contributed by atoms with Crippen LogP contribution in [0.5, 0.6) is 0 Å². The molecule has 1 saturated heterocycles. The second-order valence-corrected chi connectivity index (χ2v) is 5.20. The molecule has 0 spiro atoms. The number of carboxylic acids is 1. The van der Waals surface area contributed by atoms with Crippen LogP contribution in [0.1, 0.15) is 19.8 Å². The molecule has 1 atom stereocenters. The van der Waals surface area contributed by atoms with Crippen molar-refractivity contribution in [2.75, 3.05) is 39.9 Å². The summed E-state index contributed by atoms with van der Waals surface area (Å²) in [6.45, 7) is 3.41. The molecule has 1 aliphatic heterocycles. The molecule has 1 heterocycles. The minimum atomic E-state index is -0.829. The number of carbonyl (C=O) groups is 3. The highest BCUT2D eigenvalue weighted by atomic mass is 16.5. The van der Waals surface area contributed by atoms with E-state index in [2.05, 4.69) is 10.6 Å². The summed E-state index contributed by atoms with van der Waals surface area (Å²) in [6, 6.07) is -0.573. The summed E-state index contributed by atoms with van der Waals surface area (Å²) in [5.74, 6) is -1.27. The molecule has 8 heteroatoms. The number of rotatable bonds is 7. The summed E-state index contributed by atoms with van der Waals surface area (Å²) in [5.41, 5.74) is -0.777. The van der Waals surface area contributed by atoms with E-state index < -0.39 is 23.3 Å². The Bertz CT molecular complexity index is 401. The molecule has 3 N–H and O–H groups in total. The molecule has 3 amide bonds. The van der Waals surface area contributed by atoms with Gasteiger partial charge in [-0.15, -0.1) is 0 Å². The quantitative estimate of drug-likeness (QED) is 0.555. The molecular weight excluding hydrogens is 278 g/mol. The van der Waals surface area contributed by atoms with E-state index in [-0.39, 0.29) is 6.54 Å². The Morgan fingerprint density at radius 1 is 1.38 bits per heavy atom. The number of methoxy groups -OCH3 is 1. The number of hydrogen-bond donors (Lipinski definition) is 3. The van der Waals surface area contributed by atoms with Gasteiger partial charge in [-0.1, -0.05) is 6.92 Å². The van der Waals surface area contributed by atoms with Gasteiger partial charge < -0.3 is 15.2 Å². The van der Waals surface area contributed by atoms with E-state index in [1.54, 1.807) is 4.90 Å². The van der Waals surface area contributed by atoms with Crippen LogP contribution >= 0.6 is 0 Å². The number of carbonyl (C=O) groups excluding carboxylic acids is 2. The Hall–Kier alpha value is -1.67. The van der Waals surface area contributed by atoms with Crippen molar-refractivity contribution in [2.45, 2.75) is 19.8 Å². The van der Waals surface area contributed by atoms with Crippen LogP contribution in [0.4, 0.5) is 4.79 Å². The van der Waals surface area contributed by atoms with Crippen LogP contribution in [0.15, 0.2) is 0 Å². The number of aliphatic carboxylic acids is 1. The first-order valence-electron chi connectivity index (χ1n) is 6.96. The SMILES string of the molecule is CCC1(C(=O)O)CCN(CC(=O)NC(=O)NCCOC)C1. The Labute approximate surface area is 123 Å². The molecule has 21 heavy (non-hydrogen) atoms. The topological polar surface area (TPSA) is 108 Å². The van der Waals surface area contributed by atoms with Crippen molar-refractivity contribution in [3.63, 3.8) is 0 Å². The molecule has 0 radical (unpaired) electrons. The maximum Gasteiger partial charge on any atom is 0.321 e. The molecule has 8 nitrogen and oxygen atoms in total. The first-order valence-corrected chi connectivity index (χ1v) is 6.96. The number of carboxylic acid groups (broad SMARTS) is 1. The van der Waals surface area contributed by atoms with Crippen molar-refractivity contribution in [2.24, 2.45) is 5.41 Å².